The van der Waals surface area contributed by atoms with E-state index in [-0.39, 0.29) is 18.4 Å². The molecule has 0 aliphatic rings. The van der Waals surface area contributed by atoms with Crippen LogP contribution in [-0.2, 0) is 24.2 Å². The largest absolute Gasteiger partial charge is 0.347 e. The molecule has 32 heavy (non-hydrogen) atoms. The number of benzene rings is 1. The van der Waals surface area contributed by atoms with E-state index in [9.17, 15) is 4.79 Å². The summed E-state index contributed by atoms with van der Waals surface area (Å²) in [5.41, 5.74) is 5.57. The summed E-state index contributed by atoms with van der Waals surface area (Å²) in [6, 6.07) is 13.9. The summed E-state index contributed by atoms with van der Waals surface area (Å²) in [5, 5.41) is 16.3. The van der Waals surface area contributed by atoms with Crippen LogP contribution in [0.15, 0.2) is 48.7 Å². The van der Waals surface area contributed by atoms with E-state index >= 15 is 0 Å². The third kappa shape index (κ3) is 4.72. The molecule has 7 heteroatoms. The summed E-state index contributed by atoms with van der Waals surface area (Å²) in [7, 11) is 0. The topological polar surface area (TPSA) is 88.5 Å². The zero-order chi connectivity index (χ0) is 22.7. The first kappa shape index (κ1) is 21.7. The predicted octanol–water partition coefficient (Wildman–Crippen LogP) is 4.07. The number of hydrogen-bond donors (Lipinski definition) is 2. The first-order chi connectivity index (χ1) is 15.4. The highest BCUT2D eigenvalue weighted by molar-refractivity contribution is 5.82. The van der Waals surface area contributed by atoms with Gasteiger partial charge in [-0.1, -0.05) is 44.2 Å². The fourth-order valence-corrected chi connectivity index (χ4v) is 4.07. The number of nitrogens with one attached hydrogen (secondary N) is 2. The van der Waals surface area contributed by atoms with E-state index in [0.717, 1.165) is 45.8 Å². The highest BCUT2D eigenvalue weighted by Crippen LogP contribution is 2.26. The van der Waals surface area contributed by atoms with Gasteiger partial charge in [-0.05, 0) is 43.9 Å². The molecule has 3 aromatic heterocycles. The third-order valence-electron chi connectivity index (χ3n) is 5.64. The summed E-state index contributed by atoms with van der Waals surface area (Å²) in [4.78, 5) is 17.7. The van der Waals surface area contributed by atoms with Crippen LogP contribution in [-0.4, -0.2) is 30.9 Å². The quantitative estimate of drug-likeness (QED) is 0.441. The highest BCUT2D eigenvalue weighted by atomic mass is 16.1. The Morgan fingerprint density at radius 2 is 1.91 bits per heavy atom. The molecule has 3 heterocycles. The third-order valence-corrected chi connectivity index (χ3v) is 5.64. The van der Waals surface area contributed by atoms with Crippen molar-refractivity contribution in [3.8, 4) is 0 Å². The molecule has 2 N–H and O–H groups in total. The lowest BCUT2D eigenvalue weighted by Crippen LogP contribution is -2.32. The number of aromatic amines is 1. The average molecular weight is 431 g/mol. The van der Waals surface area contributed by atoms with Gasteiger partial charge in [0.25, 0.3) is 0 Å². The standard InChI is InChI=1S/C25H30N6O/c1-16(2)15-31-25-20(11-8-12-26-25)24(30-31)22(13-19-9-6-5-7-10-19)27-23(32)14-21-17(3)28-29-18(21)4/h5-12,16,22H,13-15H2,1-4H3,(H,27,32)(H,28,29)/t22-/m0/s1. The van der Waals surface area contributed by atoms with Gasteiger partial charge in [0.05, 0.1) is 23.9 Å². The van der Waals surface area contributed by atoms with E-state index < -0.39 is 0 Å². The molecule has 7 nitrogen and oxygen atoms in total. The number of nitrogens with zero attached hydrogens (tertiary/aromatic N) is 4. The molecule has 0 aliphatic heterocycles. The number of H-pyrrole nitrogens is 1. The molecule has 0 radical (unpaired) electrons. The van der Waals surface area contributed by atoms with Crippen LogP contribution in [0.1, 0.15) is 48.1 Å². The minimum Gasteiger partial charge on any atom is -0.347 e. The van der Waals surface area contributed by atoms with Gasteiger partial charge >= 0.3 is 0 Å². The number of amides is 1. The number of aryl methyl sites for hydroxylation is 2. The van der Waals surface area contributed by atoms with Gasteiger partial charge in [0.1, 0.15) is 0 Å². The van der Waals surface area contributed by atoms with Gasteiger partial charge in [0, 0.05) is 29.4 Å². The molecule has 0 unspecified atom stereocenters. The highest BCUT2D eigenvalue weighted by Gasteiger charge is 2.24. The van der Waals surface area contributed by atoms with Crippen molar-refractivity contribution >= 4 is 16.9 Å². The number of aromatic nitrogens is 5. The zero-order valence-electron chi connectivity index (χ0n) is 19.1. The lowest BCUT2D eigenvalue weighted by Gasteiger charge is -2.18. The Kier molecular flexibility index (Phi) is 6.35. The fraction of sp³-hybridized carbons (Fsp3) is 0.360. The maximum atomic E-state index is 13.1. The van der Waals surface area contributed by atoms with Crippen LogP contribution in [0.25, 0.3) is 11.0 Å². The van der Waals surface area contributed by atoms with Crippen LogP contribution in [0, 0.1) is 19.8 Å². The van der Waals surface area contributed by atoms with Crippen LogP contribution in [0.2, 0.25) is 0 Å². The molecule has 0 bridgehead atoms. The number of carbonyl (C=O) groups is 1. The molecule has 166 valence electrons. The Balaban J connectivity index is 1.69. The molecule has 4 rings (SSSR count). The van der Waals surface area contributed by atoms with E-state index in [1.807, 2.05) is 48.9 Å². The molecular weight excluding hydrogens is 400 g/mol. The van der Waals surface area contributed by atoms with Crippen LogP contribution in [0.4, 0.5) is 0 Å². The summed E-state index contributed by atoms with van der Waals surface area (Å²) < 4.78 is 1.96. The molecule has 4 aromatic rings. The number of carbonyl (C=O) groups excluding carboxylic acids is 1. The van der Waals surface area contributed by atoms with Crippen molar-refractivity contribution in [1.29, 1.82) is 0 Å². The van der Waals surface area contributed by atoms with Crippen molar-refractivity contribution in [2.45, 2.75) is 53.1 Å². The van der Waals surface area contributed by atoms with Gasteiger partial charge in [-0.15, -0.1) is 0 Å². The van der Waals surface area contributed by atoms with Crippen molar-refractivity contribution in [3.63, 3.8) is 0 Å². The second kappa shape index (κ2) is 9.34. The Morgan fingerprint density at radius 1 is 1.12 bits per heavy atom. The van der Waals surface area contributed by atoms with Crippen molar-refractivity contribution in [2.24, 2.45) is 5.92 Å². The number of rotatable bonds is 8. The second-order valence-corrected chi connectivity index (χ2v) is 8.73. The van der Waals surface area contributed by atoms with Crippen molar-refractivity contribution in [2.75, 3.05) is 0 Å². The van der Waals surface area contributed by atoms with E-state index in [2.05, 4.69) is 46.5 Å². The molecular formula is C25H30N6O. The molecule has 0 spiro atoms. The first-order valence-electron chi connectivity index (χ1n) is 11.1. The smallest absolute Gasteiger partial charge is 0.225 e. The lowest BCUT2D eigenvalue weighted by molar-refractivity contribution is -0.121. The summed E-state index contributed by atoms with van der Waals surface area (Å²) >= 11 is 0. The predicted molar refractivity (Wildman–Crippen MR) is 125 cm³/mol. The fourth-order valence-electron chi connectivity index (χ4n) is 4.07. The lowest BCUT2D eigenvalue weighted by atomic mass is 10.0. The van der Waals surface area contributed by atoms with E-state index in [1.165, 1.54) is 0 Å². The molecule has 0 fully saturated rings. The van der Waals surface area contributed by atoms with Gasteiger partial charge in [-0.25, -0.2) is 9.67 Å². The normalized spacial score (nSPS) is 12.4. The van der Waals surface area contributed by atoms with Crippen LogP contribution >= 0.6 is 0 Å². The molecule has 1 aromatic carbocycles. The SMILES string of the molecule is Cc1n[nH]c(C)c1CC(=O)N[C@@H](Cc1ccccc1)c1nn(CC(C)C)c2ncccc12. The van der Waals surface area contributed by atoms with Gasteiger partial charge in [-0.3, -0.25) is 9.89 Å². The molecule has 0 aliphatic carbocycles. The minimum atomic E-state index is -0.266. The van der Waals surface area contributed by atoms with E-state index in [0.29, 0.717) is 12.3 Å². The Bertz CT molecular complexity index is 1190. The van der Waals surface area contributed by atoms with Gasteiger partial charge in [0.15, 0.2) is 5.65 Å². The zero-order valence-corrected chi connectivity index (χ0v) is 19.1. The molecule has 1 amide bonds. The Labute approximate surface area is 188 Å². The van der Waals surface area contributed by atoms with Crippen molar-refractivity contribution in [1.82, 2.24) is 30.3 Å². The number of pyridine rings is 1. The van der Waals surface area contributed by atoms with Crippen LogP contribution < -0.4 is 5.32 Å². The summed E-state index contributed by atoms with van der Waals surface area (Å²) in [6.07, 6.45) is 2.72. The second-order valence-electron chi connectivity index (χ2n) is 8.73. The van der Waals surface area contributed by atoms with Crippen molar-refractivity contribution in [3.05, 3.63) is 76.9 Å². The molecule has 0 saturated heterocycles. The maximum absolute atomic E-state index is 13.1. The van der Waals surface area contributed by atoms with Gasteiger partial charge in [0.2, 0.25) is 5.91 Å². The maximum Gasteiger partial charge on any atom is 0.225 e. The monoisotopic (exact) mass is 430 g/mol. The van der Waals surface area contributed by atoms with E-state index in [4.69, 9.17) is 5.10 Å². The van der Waals surface area contributed by atoms with Gasteiger partial charge < -0.3 is 5.32 Å². The first-order valence-corrected chi connectivity index (χ1v) is 11.1. The van der Waals surface area contributed by atoms with Crippen LogP contribution in [0.5, 0.6) is 0 Å². The Hall–Kier alpha value is -3.48. The average Bonchev–Trinajstić information content (AvgIpc) is 3.29. The summed E-state index contributed by atoms with van der Waals surface area (Å²) in [6.45, 7) is 8.95. The Morgan fingerprint density at radius 3 is 2.59 bits per heavy atom. The number of hydrogen-bond acceptors (Lipinski definition) is 4. The summed E-state index contributed by atoms with van der Waals surface area (Å²) in [5.74, 6) is 0.385. The molecule has 0 saturated carbocycles. The number of fused-ring (bicyclic) bond motifs is 1. The van der Waals surface area contributed by atoms with E-state index in [1.54, 1.807) is 6.20 Å². The molecule has 1 atom stereocenters. The van der Waals surface area contributed by atoms with Gasteiger partial charge in [-0.2, -0.15) is 10.2 Å². The van der Waals surface area contributed by atoms with Crippen LogP contribution in [0.3, 0.4) is 0 Å². The minimum absolute atomic E-state index is 0.0472. The van der Waals surface area contributed by atoms with Crippen molar-refractivity contribution < 1.29 is 4.79 Å².